The molecule has 0 aliphatic heterocycles. The number of aliphatic hydroxyl groups excluding tert-OH is 1. The maximum Gasteiger partial charge on any atom is 0.472 e. The van der Waals surface area contributed by atoms with E-state index in [2.05, 4.69) is 55.4 Å². The number of rotatable bonds is 68. The molecular weight excluding hydrogens is 1190 g/mol. The minimum absolute atomic E-state index is 0.105. The summed E-state index contributed by atoms with van der Waals surface area (Å²) in [7, 11) is -9.91. The van der Waals surface area contributed by atoms with Crippen LogP contribution in [-0.2, 0) is 65.4 Å². The Morgan fingerprint density at radius 2 is 0.533 bits per heavy atom. The lowest BCUT2D eigenvalue weighted by Crippen LogP contribution is -2.30. The summed E-state index contributed by atoms with van der Waals surface area (Å²) >= 11 is 0. The number of ether oxygens (including phenoxy) is 4. The Morgan fingerprint density at radius 3 is 0.789 bits per heavy atom. The van der Waals surface area contributed by atoms with Gasteiger partial charge in [-0.3, -0.25) is 37.3 Å². The quantitative estimate of drug-likeness (QED) is 0.0222. The number of carbonyl (C=O) groups is 4. The third kappa shape index (κ3) is 62.2. The molecule has 0 fully saturated rings. The number of hydrogen-bond acceptors (Lipinski definition) is 15. The molecule has 90 heavy (non-hydrogen) atoms. The van der Waals surface area contributed by atoms with E-state index in [0.717, 1.165) is 120 Å². The van der Waals surface area contributed by atoms with Gasteiger partial charge < -0.3 is 33.8 Å². The summed E-state index contributed by atoms with van der Waals surface area (Å²) < 4.78 is 68.3. The van der Waals surface area contributed by atoms with E-state index >= 15 is 0 Å². The molecule has 0 saturated carbocycles. The van der Waals surface area contributed by atoms with E-state index in [4.69, 9.17) is 37.0 Å². The van der Waals surface area contributed by atoms with Crippen molar-refractivity contribution in [2.75, 3.05) is 39.6 Å². The van der Waals surface area contributed by atoms with Gasteiger partial charge in [0, 0.05) is 25.7 Å². The maximum absolute atomic E-state index is 13.0. The van der Waals surface area contributed by atoms with Crippen molar-refractivity contribution in [1.29, 1.82) is 0 Å². The molecule has 0 bridgehead atoms. The van der Waals surface area contributed by atoms with Crippen LogP contribution >= 0.6 is 15.6 Å². The summed E-state index contributed by atoms with van der Waals surface area (Å²) in [6, 6.07) is 0. The molecule has 4 unspecified atom stereocenters. The highest BCUT2D eigenvalue weighted by molar-refractivity contribution is 7.47. The van der Waals surface area contributed by atoms with Crippen LogP contribution in [0.2, 0.25) is 0 Å². The summed E-state index contributed by atoms with van der Waals surface area (Å²) in [5, 5.41) is 10.6. The third-order valence-electron chi connectivity index (χ3n) is 17.0. The molecule has 0 spiro atoms. The van der Waals surface area contributed by atoms with Crippen molar-refractivity contribution in [3.8, 4) is 0 Å². The van der Waals surface area contributed by atoms with Gasteiger partial charge in [-0.1, -0.05) is 299 Å². The van der Waals surface area contributed by atoms with E-state index < -0.39 is 97.5 Å². The van der Waals surface area contributed by atoms with Crippen molar-refractivity contribution < 1.29 is 80.2 Å². The van der Waals surface area contributed by atoms with Gasteiger partial charge in [0.2, 0.25) is 0 Å². The lowest BCUT2D eigenvalue weighted by atomic mass is 9.99. The smallest absolute Gasteiger partial charge is 0.462 e. The summed E-state index contributed by atoms with van der Waals surface area (Å²) in [4.78, 5) is 72.6. The van der Waals surface area contributed by atoms with Gasteiger partial charge in [0.05, 0.1) is 26.4 Å². The minimum atomic E-state index is -4.95. The Morgan fingerprint density at radius 1 is 0.311 bits per heavy atom. The van der Waals surface area contributed by atoms with Crippen molar-refractivity contribution in [2.24, 2.45) is 23.7 Å². The summed E-state index contributed by atoms with van der Waals surface area (Å²) in [5.74, 6) is 0.916. The maximum atomic E-state index is 13.0. The van der Waals surface area contributed by atoms with E-state index in [1.54, 1.807) is 0 Å². The predicted octanol–water partition coefficient (Wildman–Crippen LogP) is 20.1. The Balaban J connectivity index is 5.27. The molecule has 0 aliphatic carbocycles. The number of unbranched alkanes of at least 4 members (excludes halogenated alkanes) is 32. The number of aliphatic hydroxyl groups is 1. The van der Waals surface area contributed by atoms with Gasteiger partial charge in [-0.05, 0) is 49.4 Å². The van der Waals surface area contributed by atoms with E-state index in [9.17, 15) is 43.2 Å². The van der Waals surface area contributed by atoms with Crippen LogP contribution in [-0.4, -0.2) is 96.7 Å². The fourth-order valence-corrected chi connectivity index (χ4v) is 12.2. The minimum Gasteiger partial charge on any atom is -0.462 e. The molecule has 534 valence electrons. The second kappa shape index (κ2) is 60.7. The van der Waals surface area contributed by atoms with Gasteiger partial charge in [-0.25, -0.2) is 9.13 Å². The number of carbonyl (C=O) groups excluding carboxylic acids is 4. The molecular formula is C71H138O17P2. The van der Waals surface area contributed by atoms with E-state index in [1.165, 1.54) is 148 Å². The molecule has 3 N–H and O–H groups in total. The second-order valence-electron chi connectivity index (χ2n) is 27.1. The summed E-state index contributed by atoms with van der Waals surface area (Å²) in [5.41, 5.74) is 0. The first-order chi connectivity index (χ1) is 43.2. The fourth-order valence-electron chi connectivity index (χ4n) is 10.6. The van der Waals surface area contributed by atoms with E-state index in [1.807, 2.05) is 0 Å². The monoisotopic (exact) mass is 1320 g/mol. The highest BCUT2D eigenvalue weighted by atomic mass is 31.2. The van der Waals surface area contributed by atoms with Crippen molar-refractivity contribution in [3.63, 3.8) is 0 Å². The van der Waals surface area contributed by atoms with Crippen LogP contribution in [0.25, 0.3) is 0 Å². The number of hydrogen-bond donors (Lipinski definition) is 3. The average Bonchev–Trinajstić information content (AvgIpc) is 3.49. The van der Waals surface area contributed by atoms with Crippen molar-refractivity contribution in [2.45, 2.75) is 369 Å². The molecule has 0 aliphatic rings. The first kappa shape index (κ1) is 88.1. The molecule has 0 heterocycles. The molecule has 17 nitrogen and oxygen atoms in total. The Hall–Kier alpha value is -1.94. The molecule has 0 aromatic rings. The summed E-state index contributed by atoms with van der Waals surface area (Å²) in [6.07, 6.45) is 42.9. The van der Waals surface area contributed by atoms with Gasteiger partial charge in [-0.2, -0.15) is 0 Å². The van der Waals surface area contributed by atoms with Crippen LogP contribution in [0, 0.1) is 23.7 Å². The zero-order valence-electron chi connectivity index (χ0n) is 58.8. The summed E-state index contributed by atoms with van der Waals surface area (Å²) in [6.45, 7) is 14.1. The van der Waals surface area contributed by atoms with Crippen molar-refractivity contribution >= 4 is 39.5 Å². The van der Waals surface area contributed by atoms with Crippen LogP contribution in [0.5, 0.6) is 0 Å². The molecule has 0 rings (SSSR count). The molecule has 0 amide bonds. The zero-order chi connectivity index (χ0) is 66.8. The first-order valence-electron chi connectivity index (χ1n) is 36.8. The van der Waals surface area contributed by atoms with Gasteiger partial charge in [0.15, 0.2) is 12.2 Å². The van der Waals surface area contributed by atoms with E-state index in [-0.39, 0.29) is 25.7 Å². The zero-order valence-corrected chi connectivity index (χ0v) is 60.6. The van der Waals surface area contributed by atoms with Crippen LogP contribution in [0.4, 0.5) is 0 Å². The predicted molar refractivity (Wildman–Crippen MR) is 363 cm³/mol. The number of phosphoric ester groups is 2. The molecule has 19 heteroatoms. The normalized spacial score (nSPS) is 14.9. The van der Waals surface area contributed by atoms with Crippen LogP contribution in [0.15, 0.2) is 0 Å². The second-order valence-corrected chi connectivity index (χ2v) is 30.0. The SMILES string of the molecule is CCC(C)CCCCCCCCCCCCC(=O)O[C@H](COC(=O)CCCCCCCCC(C)CC)COP(=O)(O)OC[C@H](O)COP(=O)(O)OC[C@@H](COC(=O)CCCCCCCCCCCCC(C)C)OC(=O)CCCCCCCCCCCCC(C)C. The van der Waals surface area contributed by atoms with Gasteiger partial charge in [-0.15, -0.1) is 0 Å². The van der Waals surface area contributed by atoms with Gasteiger partial charge >= 0.3 is 39.5 Å². The fraction of sp³-hybridized carbons (Fsp3) is 0.944. The Kier molecular flexibility index (Phi) is 59.4. The first-order valence-corrected chi connectivity index (χ1v) is 39.8. The standard InChI is InChI=1S/C71H138O17P2/c1-9-63(7)49-41-33-25-19-13-16-22-28-38-46-54-71(76)88-67(58-82-69(74)52-44-36-30-29-34-42-50-64(8)10-2)60-86-90(79,80)84-56-65(72)55-83-89(77,78)85-59-66(87-70(75)53-45-37-27-21-15-12-18-24-32-40-48-62(5)6)57-81-68(73)51-43-35-26-20-14-11-17-23-31-39-47-61(3)4/h61-67,72H,9-60H2,1-8H3,(H,77,78)(H,79,80)/t63?,64?,65-,66-,67-/m1/s1. The van der Waals surface area contributed by atoms with Crippen molar-refractivity contribution in [3.05, 3.63) is 0 Å². The third-order valence-corrected chi connectivity index (χ3v) is 18.9. The molecule has 0 saturated heterocycles. The Labute approximate surface area is 549 Å². The number of phosphoric acid groups is 2. The lowest BCUT2D eigenvalue weighted by Gasteiger charge is -2.21. The van der Waals surface area contributed by atoms with Crippen LogP contribution in [0.1, 0.15) is 351 Å². The molecule has 0 aromatic heterocycles. The number of esters is 4. The van der Waals surface area contributed by atoms with Crippen molar-refractivity contribution in [1.82, 2.24) is 0 Å². The van der Waals surface area contributed by atoms with E-state index in [0.29, 0.717) is 25.7 Å². The Bertz CT molecular complexity index is 1790. The molecule has 7 atom stereocenters. The topological polar surface area (TPSA) is 237 Å². The molecule has 0 aromatic carbocycles. The van der Waals surface area contributed by atoms with Gasteiger partial charge in [0.25, 0.3) is 0 Å². The van der Waals surface area contributed by atoms with Crippen LogP contribution < -0.4 is 0 Å². The van der Waals surface area contributed by atoms with Crippen LogP contribution in [0.3, 0.4) is 0 Å². The average molecular weight is 1330 g/mol. The van der Waals surface area contributed by atoms with Gasteiger partial charge in [0.1, 0.15) is 19.3 Å². The molecule has 0 radical (unpaired) electrons. The lowest BCUT2D eigenvalue weighted by molar-refractivity contribution is -0.161. The largest absolute Gasteiger partial charge is 0.472 e. The highest BCUT2D eigenvalue weighted by Gasteiger charge is 2.30. The highest BCUT2D eigenvalue weighted by Crippen LogP contribution is 2.45.